The molecule has 0 spiro atoms. The topological polar surface area (TPSA) is 63.2 Å². The summed E-state index contributed by atoms with van der Waals surface area (Å²) in [5.74, 6) is -0.464. The molecular formula is C14H15NO3S2. The number of thiophene rings is 1. The number of benzene rings is 1. The number of rotatable bonds is 6. The van der Waals surface area contributed by atoms with Crippen LogP contribution in [-0.2, 0) is 21.2 Å². The van der Waals surface area contributed by atoms with Crippen molar-refractivity contribution in [3.8, 4) is 0 Å². The minimum atomic E-state index is -3.69. The second kappa shape index (κ2) is 6.67. The van der Waals surface area contributed by atoms with Gasteiger partial charge in [0.2, 0.25) is 5.91 Å². The highest BCUT2D eigenvalue weighted by molar-refractivity contribution is 7.92. The van der Waals surface area contributed by atoms with Crippen LogP contribution in [0.2, 0.25) is 0 Å². The highest BCUT2D eigenvalue weighted by Gasteiger charge is 2.17. The third kappa shape index (κ3) is 4.18. The monoisotopic (exact) mass is 309 g/mol. The lowest BCUT2D eigenvalue weighted by molar-refractivity contribution is -0.119. The molecule has 0 aliphatic heterocycles. The Morgan fingerprint density at radius 1 is 1.10 bits per heavy atom. The first-order chi connectivity index (χ1) is 9.58. The van der Waals surface area contributed by atoms with E-state index in [1.165, 1.54) is 6.07 Å². The molecule has 20 heavy (non-hydrogen) atoms. The van der Waals surface area contributed by atoms with Gasteiger partial charge in [-0.3, -0.25) is 4.79 Å². The zero-order chi connectivity index (χ0) is 14.4. The van der Waals surface area contributed by atoms with Crippen molar-refractivity contribution in [2.75, 3.05) is 0 Å². The van der Waals surface area contributed by atoms with E-state index in [0.717, 1.165) is 23.3 Å². The molecule has 0 bridgehead atoms. The molecule has 2 rings (SSSR count). The van der Waals surface area contributed by atoms with Crippen LogP contribution in [0.3, 0.4) is 0 Å². The molecule has 6 heteroatoms. The Balaban J connectivity index is 1.81. The summed E-state index contributed by atoms with van der Waals surface area (Å²) < 4.78 is 25.9. The van der Waals surface area contributed by atoms with Crippen molar-refractivity contribution in [1.82, 2.24) is 4.72 Å². The first kappa shape index (κ1) is 14.7. The molecule has 4 nitrogen and oxygen atoms in total. The van der Waals surface area contributed by atoms with E-state index in [4.69, 9.17) is 0 Å². The van der Waals surface area contributed by atoms with Crippen LogP contribution in [0.1, 0.15) is 18.4 Å². The fourth-order valence-electron chi connectivity index (χ4n) is 1.77. The summed E-state index contributed by atoms with van der Waals surface area (Å²) in [4.78, 5) is 11.7. The maximum absolute atomic E-state index is 11.8. The van der Waals surface area contributed by atoms with Crippen LogP contribution in [0, 0.1) is 0 Å². The van der Waals surface area contributed by atoms with Gasteiger partial charge in [-0.1, -0.05) is 36.4 Å². The van der Waals surface area contributed by atoms with Crippen molar-refractivity contribution >= 4 is 27.3 Å². The number of nitrogens with one attached hydrogen (secondary N) is 1. The Bertz CT molecular complexity index is 649. The van der Waals surface area contributed by atoms with Crippen LogP contribution in [-0.4, -0.2) is 14.3 Å². The zero-order valence-corrected chi connectivity index (χ0v) is 12.4. The lowest BCUT2D eigenvalue weighted by Crippen LogP contribution is -2.29. The number of carbonyl (C=O) groups excluding carboxylic acids is 1. The van der Waals surface area contributed by atoms with Crippen molar-refractivity contribution in [3.05, 3.63) is 53.4 Å². The Labute approximate surface area is 122 Å². The maximum atomic E-state index is 11.8. The van der Waals surface area contributed by atoms with Crippen molar-refractivity contribution in [2.45, 2.75) is 23.5 Å². The zero-order valence-electron chi connectivity index (χ0n) is 10.8. The number of amides is 1. The van der Waals surface area contributed by atoms with Gasteiger partial charge in [0.25, 0.3) is 10.0 Å². The van der Waals surface area contributed by atoms with E-state index < -0.39 is 15.9 Å². The molecular weight excluding hydrogens is 294 g/mol. The molecule has 0 aliphatic carbocycles. The standard InChI is InChI=1S/C14H15NO3S2/c16-13(9-4-8-12-6-2-1-3-7-12)15-20(17,18)14-10-5-11-19-14/h1-3,5-7,10-11H,4,8-9H2,(H,15,16). The summed E-state index contributed by atoms with van der Waals surface area (Å²) in [6, 6.07) is 12.9. The van der Waals surface area contributed by atoms with E-state index in [2.05, 4.69) is 4.72 Å². The quantitative estimate of drug-likeness (QED) is 0.892. The fraction of sp³-hybridized carbons (Fsp3) is 0.214. The highest BCUT2D eigenvalue weighted by atomic mass is 32.2. The Kier molecular flexibility index (Phi) is 4.92. The average Bonchev–Trinajstić information content (AvgIpc) is 2.94. The third-order valence-corrected chi connectivity index (χ3v) is 5.49. The molecule has 2 aromatic rings. The molecule has 0 saturated heterocycles. The van der Waals surface area contributed by atoms with Crippen molar-refractivity contribution < 1.29 is 13.2 Å². The molecule has 106 valence electrons. The van der Waals surface area contributed by atoms with Gasteiger partial charge in [-0.25, -0.2) is 13.1 Å². The Morgan fingerprint density at radius 3 is 2.50 bits per heavy atom. The third-order valence-electron chi connectivity index (χ3n) is 2.72. The molecule has 1 heterocycles. The van der Waals surface area contributed by atoms with Crippen molar-refractivity contribution in [2.24, 2.45) is 0 Å². The summed E-state index contributed by atoms with van der Waals surface area (Å²) >= 11 is 1.09. The molecule has 0 fully saturated rings. The Hall–Kier alpha value is -1.66. The van der Waals surface area contributed by atoms with Crippen LogP contribution < -0.4 is 4.72 Å². The second-order valence-electron chi connectivity index (χ2n) is 4.30. The molecule has 1 N–H and O–H groups in total. The molecule has 1 aromatic carbocycles. The van der Waals surface area contributed by atoms with E-state index >= 15 is 0 Å². The fourth-order valence-corrected chi connectivity index (χ4v) is 3.77. The van der Waals surface area contributed by atoms with Crippen LogP contribution in [0.15, 0.2) is 52.1 Å². The number of aryl methyl sites for hydroxylation is 1. The first-order valence-electron chi connectivity index (χ1n) is 6.21. The predicted molar refractivity (Wildman–Crippen MR) is 79.0 cm³/mol. The van der Waals surface area contributed by atoms with Gasteiger partial charge < -0.3 is 0 Å². The minimum Gasteiger partial charge on any atom is -0.274 e. The molecule has 1 aromatic heterocycles. The normalized spacial score (nSPS) is 11.2. The van der Waals surface area contributed by atoms with Crippen LogP contribution in [0.4, 0.5) is 0 Å². The highest BCUT2D eigenvalue weighted by Crippen LogP contribution is 2.15. The van der Waals surface area contributed by atoms with Gasteiger partial charge in [0.05, 0.1) is 0 Å². The van der Waals surface area contributed by atoms with Crippen molar-refractivity contribution in [3.63, 3.8) is 0 Å². The predicted octanol–water partition coefficient (Wildman–Crippen LogP) is 2.58. The second-order valence-corrected chi connectivity index (χ2v) is 7.16. The van der Waals surface area contributed by atoms with Gasteiger partial charge in [-0.15, -0.1) is 11.3 Å². The average molecular weight is 309 g/mol. The van der Waals surface area contributed by atoms with E-state index in [9.17, 15) is 13.2 Å². The van der Waals surface area contributed by atoms with Crippen LogP contribution in [0.5, 0.6) is 0 Å². The molecule has 0 unspecified atom stereocenters. The number of sulfonamides is 1. The van der Waals surface area contributed by atoms with Crippen molar-refractivity contribution in [1.29, 1.82) is 0 Å². The molecule has 0 radical (unpaired) electrons. The lowest BCUT2D eigenvalue weighted by Gasteiger charge is -2.05. The summed E-state index contributed by atoms with van der Waals surface area (Å²) in [6.45, 7) is 0. The van der Waals surface area contributed by atoms with Gasteiger partial charge in [0, 0.05) is 6.42 Å². The summed E-state index contributed by atoms with van der Waals surface area (Å²) in [7, 11) is -3.69. The van der Waals surface area contributed by atoms with Gasteiger partial charge in [0.1, 0.15) is 4.21 Å². The Morgan fingerprint density at radius 2 is 1.85 bits per heavy atom. The SMILES string of the molecule is O=C(CCCc1ccccc1)NS(=O)(=O)c1cccs1. The van der Waals surface area contributed by atoms with E-state index in [1.807, 2.05) is 30.3 Å². The lowest BCUT2D eigenvalue weighted by atomic mass is 10.1. The number of hydrogen-bond donors (Lipinski definition) is 1. The van der Waals surface area contributed by atoms with Gasteiger partial charge in [0.15, 0.2) is 0 Å². The minimum absolute atomic E-state index is 0.161. The molecule has 0 aliphatic rings. The van der Waals surface area contributed by atoms with Gasteiger partial charge in [-0.05, 0) is 29.9 Å². The first-order valence-corrected chi connectivity index (χ1v) is 8.57. The summed E-state index contributed by atoms with van der Waals surface area (Å²) in [5.41, 5.74) is 1.14. The van der Waals surface area contributed by atoms with Crippen LogP contribution >= 0.6 is 11.3 Å². The van der Waals surface area contributed by atoms with Gasteiger partial charge in [-0.2, -0.15) is 0 Å². The molecule has 0 saturated carbocycles. The summed E-state index contributed by atoms with van der Waals surface area (Å²) in [6.07, 6.45) is 1.57. The molecule has 1 amide bonds. The van der Waals surface area contributed by atoms with Gasteiger partial charge >= 0.3 is 0 Å². The van der Waals surface area contributed by atoms with Crippen LogP contribution in [0.25, 0.3) is 0 Å². The number of carbonyl (C=O) groups is 1. The molecule has 0 atom stereocenters. The summed E-state index contributed by atoms with van der Waals surface area (Å²) in [5, 5.41) is 1.66. The largest absolute Gasteiger partial charge is 0.274 e. The smallest absolute Gasteiger partial charge is 0.273 e. The van der Waals surface area contributed by atoms with E-state index in [1.54, 1.807) is 11.4 Å². The maximum Gasteiger partial charge on any atom is 0.273 e. The number of hydrogen-bond acceptors (Lipinski definition) is 4. The van der Waals surface area contributed by atoms with E-state index in [-0.39, 0.29) is 10.6 Å². The van der Waals surface area contributed by atoms with E-state index in [0.29, 0.717) is 6.42 Å².